The summed E-state index contributed by atoms with van der Waals surface area (Å²) >= 11 is 1.63. The van der Waals surface area contributed by atoms with Gasteiger partial charge in [0.1, 0.15) is 0 Å². The van der Waals surface area contributed by atoms with Crippen molar-refractivity contribution in [2.75, 3.05) is 13.1 Å². The van der Waals surface area contributed by atoms with Crippen LogP contribution in [0.5, 0.6) is 0 Å². The number of ether oxygens (including phenoxy) is 1. The number of aryl methyl sites for hydroxylation is 1. The summed E-state index contributed by atoms with van der Waals surface area (Å²) in [6.07, 6.45) is 4.98. The minimum Gasteiger partial charge on any atom is -0.370 e. The van der Waals surface area contributed by atoms with Gasteiger partial charge in [-0.15, -0.1) is 11.3 Å². The number of nitrogens with one attached hydrogen (secondary N) is 1. The molecule has 1 saturated carbocycles. The highest BCUT2D eigenvalue weighted by molar-refractivity contribution is 7.10. The van der Waals surface area contributed by atoms with Crippen LogP contribution in [0.15, 0.2) is 17.5 Å². The van der Waals surface area contributed by atoms with Gasteiger partial charge in [-0.3, -0.25) is 14.3 Å². The van der Waals surface area contributed by atoms with E-state index in [2.05, 4.69) is 10.4 Å². The lowest BCUT2D eigenvalue weighted by atomic mass is 9.83. The number of hydrogen-bond donors (Lipinski definition) is 1. The summed E-state index contributed by atoms with van der Waals surface area (Å²) in [6, 6.07) is 4.31. The van der Waals surface area contributed by atoms with Crippen LogP contribution in [0.3, 0.4) is 0 Å². The van der Waals surface area contributed by atoms with E-state index in [1.54, 1.807) is 11.3 Å². The number of thiophene rings is 1. The average molecular weight is 415 g/mol. The first-order chi connectivity index (χ1) is 14.0. The number of aromatic nitrogens is 2. The van der Waals surface area contributed by atoms with Crippen LogP contribution in [-0.4, -0.2) is 51.2 Å². The van der Waals surface area contributed by atoms with Gasteiger partial charge in [0.25, 0.3) is 5.91 Å². The summed E-state index contributed by atoms with van der Waals surface area (Å²) in [5.74, 6) is 0.108. The predicted molar refractivity (Wildman–Crippen MR) is 109 cm³/mol. The van der Waals surface area contributed by atoms with Crippen LogP contribution in [0.2, 0.25) is 0 Å². The molecule has 2 aromatic heterocycles. The monoisotopic (exact) mass is 414 g/mol. The molecule has 7 nitrogen and oxygen atoms in total. The number of rotatable bonds is 4. The molecule has 0 aromatic carbocycles. The Labute approximate surface area is 174 Å². The second-order valence-electron chi connectivity index (χ2n) is 8.43. The number of piperidine rings is 1. The van der Waals surface area contributed by atoms with Crippen molar-refractivity contribution >= 4 is 23.2 Å². The van der Waals surface area contributed by atoms with Gasteiger partial charge in [-0.05, 0) is 37.1 Å². The smallest absolute Gasteiger partial charge is 0.272 e. The third-order valence-electron chi connectivity index (χ3n) is 6.35. The molecule has 5 rings (SSSR count). The molecule has 4 heterocycles. The van der Waals surface area contributed by atoms with Gasteiger partial charge in [0.15, 0.2) is 5.69 Å². The molecular formula is C21H26N4O3S. The number of nitrogens with zero attached hydrogens (tertiary/aromatic N) is 3. The molecule has 1 aliphatic carbocycles. The van der Waals surface area contributed by atoms with Crippen molar-refractivity contribution in [1.82, 2.24) is 20.0 Å². The maximum Gasteiger partial charge on any atom is 0.272 e. The Morgan fingerprint density at radius 3 is 2.83 bits per heavy atom. The molecular weight excluding hydrogens is 388 g/mol. The van der Waals surface area contributed by atoms with Crippen LogP contribution in [0.4, 0.5) is 0 Å². The fourth-order valence-corrected chi connectivity index (χ4v) is 5.08. The number of likely N-dealkylation sites (tertiary alicyclic amines) is 1. The molecule has 2 amide bonds. The molecule has 8 heteroatoms. The summed E-state index contributed by atoms with van der Waals surface area (Å²) in [6.45, 7) is 1.85. The lowest BCUT2D eigenvalue weighted by molar-refractivity contribution is -0.140. The fourth-order valence-electron chi connectivity index (χ4n) is 4.38. The van der Waals surface area contributed by atoms with Crippen molar-refractivity contribution in [1.29, 1.82) is 0 Å². The number of carbonyl (C=O) groups is 2. The van der Waals surface area contributed by atoms with E-state index in [0.717, 1.165) is 48.2 Å². The maximum absolute atomic E-state index is 12.6. The third kappa shape index (κ3) is 3.71. The number of carbonyl (C=O) groups excluding carboxylic acids is 2. The second kappa shape index (κ2) is 7.25. The predicted octanol–water partition coefficient (Wildman–Crippen LogP) is 2.05. The van der Waals surface area contributed by atoms with E-state index in [1.165, 1.54) is 0 Å². The van der Waals surface area contributed by atoms with E-state index in [-0.39, 0.29) is 17.4 Å². The van der Waals surface area contributed by atoms with Crippen LogP contribution in [0, 0.1) is 0 Å². The van der Waals surface area contributed by atoms with Gasteiger partial charge in [0, 0.05) is 48.7 Å². The lowest BCUT2D eigenvalue weighted by Gasteiger charge is -2.43. The molecule has 2 aromatic rings. The summed E-state index contributed by atoms with van der Waals surface area (Å²) in [4.78, 5) is 28.2. The zero-order valence-electron chi connectivity index (χ0n) is 16.6. The third-order valence-corrected chi connectivity index (χ3v) is 7.22. The largest absolute Gasteiger partial charge is 0.370 e. The first kappa shape index (κ1) is 18.8. The van der Waals surface area contributed by atoms with Gasteiger partial charge in [-0.2, -0.15) is 5.10 Å². The molecule has 2 aliphatic heterocycles. The van der Waals surface area contributed by atoms with Gasteiger partial charge in [-0.1, -0.05) is 6.07 Å². The number of amides is 2. The molecule has 1 spiro atoms. The average Bonchev–Trinajstić information content (AvgIpc) is 3.26. The van der Waals surface area contributed by atoms with Crippen LogP contribution in [0.25, 0.3) is 0 Å². The molecule has 0 radical (unpaired) electrons. The SMILES string of the molecule is Cn1nc(C(=O)NC2CC2)c2c1CC1(CCN(C(=O)Cc3cccs3)CC1)OC2. The Morgan fingerprint density at radius 1 is 1.34 bits per heavy atom. The van der Waals surface area contributed by atoms with E-state index in [1.807, 2.05) is 34.1 Å². The maximum atomic E-state index is 12.6. The Balaban J connectivity index is 1.25. The van der Waals surface area contributed by atoms with Crippen molar-refractivity contribution < 1.29 is 14.3 Å². The van der Waals surface area contributed by atoms with E-state index < -0.39 is 0 Å². The zero-order valence-corrected chi connectivity index (χ0v) is 17.5. The summed E-state index contributed by atoms with van der Waals surface area (Å²) in [5, 5.41) is 9.53. The Bertz CT molecular complexity index is 924. The summed E-state index contributed by atoms with van der Waals surface area (Å²) in [5.41, 5.74) is 2.26. The van der Waals surface area contributed by atoms with Gasteiger partial charge >= 0.3 is 0 Å². The van der Waals surface area contributed by atoms with E-state index in [0.29, 0.717) is 37.9 Å². The molecule has 1 N–H and O–H groups in total. The molecule has 0 atom stereocenters. The molecule has 2 fully saturated rings. The molecule has 0 bridgehead atoms. The number of fused-ring (bicyclic) bond motifs is 1. The molecule has 29 heavy (non-hydrogen) atoms. The van der Waals surface area contributed by atoms with Crippen molar-refractivity contribution in [3.63, 3.8) is 0 Å². The molecule has 3 aliphatic rings. The zero-order chi connectivity index (χ0) is 20.0. The minimum atomic E-state index is -0.259. The van der Waals surface area contributed by atoms with Crippen LogP contribution < -0.4 is 5.32 Å². The van der Waals surface area contributed by atoms with Crippen molar-refractivity contribution in [3.8, 4) is 0 Å². The Kier molecular flexibility index (Phi) is 4.70. The van der Waals surface area contributed by atoms with Gasteiger partial charge in [0.2, 0.25) is 5.91 Å². The highest BCUT2D eigenvalue weighted by atomic mass is 32.1. The van der Waals surface area contributed by atoms with Crippen LogP contribution >= 0.6 is 11.3 Å². The van der Waals surface area contributed by atoms with Crippen molar-refractivity contribution in [2.45, 2.75) is 56.8 Å². The standard InChI is InChI=1S/C21H26N4O3S/c1-24-17-12-21(28-13-16(17)19(23-24)20(27)22-14-4-5-14)6-8-25(9-7-21)18(26)11-15-3-2-10-29-15/h2-3,10,14H,4-9,11-13H2,1H3,(H,22,27). The van der Waals surface area contributed by atoms with Crippen LogP contribution in [-0.2, 0) is 36.0 Å². The highest BCUT2D eigenvalue weighted by Crippen LogP contribution is 2.37. The number of hydrogen-bond acceptors (Lipinski definition) is 5. The second-order valence-corrected chi connectivity index (χ2v) is 9.46. The van der Waals surface area contributed by atoms with Crippen LogP contribution in [0.1, 0.15) is 52.3 Å². The highest BCUT2D eigenvalue weighted by Gasteiger charge is 2.42. The van der Waals surface area contributed by atoms with Crippen molar-refractivity contribution in [2.24, 2.45) is 7.05 Å². The Hall–Kier alpha value is -2.19. The first-order valence-electron chi connectivity index (χ1n) is 10.3. The van der Waals surface area contributed by atoms with E-state index in [4.69, 9.17) is 4.74 Å². The van der Waals surface area contributed by atoms with Gasteiger partial charge in [-0.25, -0.2) is 0 Å². The first-order valence-corrected chi connectivity index (χ1v) is 11.2. The minimum absolute atomic E-state index is 0.0853. The summed E-state index contributed by atoms with van der Waals surface area (Å²) < 4.78 is 8.17. The molecule has 0 unspecified atom stereocenters. The molecule has 154 valence electrons. The van der Waals surface area contributed by atoms with Crippen molar-refractivity contribution in [3.05, 3.63) is 39.3 Å². The quantitative estimate of drug-likeness (QED) is 0.831. The van der Waals surface area contributed by atoms with Gasteiger partial charge < -0.3 is 15.0 Å². The van der Waals surface area contributed by atoms with Gasteiger partial charge in [0.05, 0.1) is 18.6 Å². The fraction of sp³-hybridized carbons (Fsp3) is 0.571. The normalized spacial score (nSPS) is 20.5. The molecule has 1 saturated heterocycles. The van der Waals surface area contributed by atoms with E-state index in [9.17, 15) is 9.59 Å². The lowest BCUT2D eigenvalue weighted by Crippen LogP contribution is -2.51. The Morgan fingerprint density at radius 2 is 2.14 bits per heavy atom. The topological polar surface area (TPSA) is 76.5 Å². The summed E-state index contributed by atoms with van der Waals surface area (Å²) in [7, 11) is 1.91. The van der Waals surface area contributed by atoms with E-state index >= 15 is 0 Å².